The molecule has 3 atom stereocenters. The summed E-state index contributed by atoms with van der Waals surface area (Å²) in [7, 11) is 0. The van der Waals surface area contributed by atoms with E-state index in [1.54, 1.807) is 18.4 Å². The van der Waals surface area contributed by atoms with Gasteiger partial charge in [0.2, 0.25) is 5.91 Å². The number of hydrogen-bond donors (Lipinski definition) is 3. The molecule has 5 heteroatoms. The van der Waals surface area contributed by atoms with E-state index in [2.05, 4.69) is 24.8 Å². The molecular formula is C23H30N2O2S. The first-order chi connectivity index (χ1) is 13.6. The molecule has 2 aromatic rings. The zero-order chi connectivity index (χ0) is 20.1. The van der Waals surface area contributed by atoms with Gasteiger partial charge in [0.25, 0.3) is 0 Å². The Morgan fingerprint density at radius 2 is 1.89 bits per heavy atom. The summed E-state index contributed by atoms with van der Waals surface area (Å²) in [5.41, 5.74) is 9.37. The third-order valence-electron chi connectivity index (χ3n) is 5.71. The van der Waals surface area contributed by atoms with E-state index >= 15 is 0 Å². The summed E-state index contributed by atoms with van der Waals surface area (Å²) in [6.07, 6.45) is 5.53. The summed E-state index contributed by atoms with van der Waals surface area (Å²) in [5, 5.41) is 9.81. The SMILES string of the molecule is CS.NC1CCCN(C(=O)C2CC2c2ccccc2-c2cccc(O)c2)CC1. The molecule has 0 aromatic heterocycles. The molecule has 4 rings (SSSR count). The van der Waals surface area contributed by atoms with E-state index in [1.807, 2.05) is 29.2 Å². The second kappa shape index (κ2) is 9.48. The lowest BCUT2D eigenvalue weighted by molar-refractivity contribution is -0.132. The molecule has 2 aliphatic rings. The average Bonchev–Trinajstić information content (AvgIpc) is 3.54. The van der Waals surface area contributed by atoms with Gasteiger partial charge in [0.15, 0.2) is 0 Å². The monoisotopic (exact) mass is 398 g/mol. The number of carbonyl (C=O) groups is 1. The van der Waals surface area contributed by atoms with Gasteiger partial charge in [0.1, 0.15) is 5.75 Å². The highest BCUT2D eigenvalue weighted by Crippen LogP contribution is 2.51. The highest BCUT2D eigenvalue weighted by molar-refractivity contribution is 7.79. The van der Waals surface area contributed by atoms with E-state index in [0.29, 0.717) is 0 Å². The number of likely N-dealkylation sites (tertiary alicyclic amines) is 1. The van der Waals surface area contributed by atoms with Gasteiger partial charge in [-0.05, 0) is 66.7 Å². The van der Waals surface area contributed by atoms with Crippen LogP contribution in [0.15, 0.2) is 48.5 Å². The molecule has 28 heavy (non-hydrogen) atoms. The van der Waals surface area contributed by atoms with Crippen LogP contribution in [0.3, 0.4) is 0 Å². The molecule has 1 aliphatic heterocycles. The summed E-state index contributed by atoms with van der Waals surface area (Å²) in [5.74, 6) is 0.914. The molecule has 0 spiro atoms. The molecule has 1 amide bonds. The number of thiol groups is 1. The normalized spacial score (nSPS) is 24.0. The zero-order valence-electron chi connectivity index (χ0n) is 16.4. The molecule has 3 N–H and O–H groups in total. The Bertz CT molecular complexity index is 811. The number of aromatic hydroxyl groups is 1. The lowest BCUT2D eigenvalue weighted by Crippen LogP contribution is -2.34. The van der Waals surface area contributed by atoms with Crippen LogP contribution in [0.25, 0.3) is 11.1 Å². The van der Waals surface area contributed by atoms with Crippen molar-refractivity contribution in [3.63, 3.8) is 0 Å². The van der Waals surface area contributed by atoms with E-state index in [-0.39, 0.29) is 29.5 Å². The highest BCUT2D eigenvalue weighted by Gasteiger charge is 2.46. The Morgan fingerprint density at radius 1 is 1.11 bits per heavy atom. The van der Waals surface area contributed by atoms with Crippen LogP contribution in [0.5, 0.6) is 5.75 Å². The minimum absolute atomic E-state index is 0.0859. The number of nitrogens with two attached hydrogens (primary N) is 1. The van der Waals surface area contributed by atoms with Crippen molar-refractivity contribution in [2.75, 3.05) is 19.3 Å². The van der Waals surface area contributed by atoms with Gasteiger partial charge in [-0.15, -0.1) is 0 Å². The fourth-order valence-electron chi connectivity index (χ4n) is 4.15. The molecule has 2 aromatic carbocycles. The van der Waals surface area contributed by atoms with Gasteiger partial charge in [-0.1, -0.05) is 36.4 Å². The summed E-state index contributed by atoms with van der Waals surface area (Å²) >= 11 is 3.53. The van der Waals surface area contributed by atoms with Crippen molar-refractivity contribution in [2.24, 2.45) is 11.7 Å². The first-order valence-electron chi connectivity index (χ1n) is 10.0. The van der Waals surface area contributed by atoms with Gasteiger partial charge < -0.3 is 15.7 Å². The van der Waals surface area contributed by atoms with Gasteiger partial charge in [-0.3, -0.25) is 4.79 Å². The average molecular weight is 399 g/mol. The number of phenolic OH excluding ortho intramolecular Hbond substituents is 1. The predicted octanol–water partition coefficient (Wildman–Crippen LogP) is 4.05. The maximum Gasteiger partial charge on any atom is 0.226 e. The quantitative estimate of drug-likeness (QED) is 0.684. The van der Waals surface area contributed by atoms with Gasteiger partial charge in [-0.25, -0.2) is 0 Å². The van der Waals surface area contributed by atoms with Crippen molar-refractivity contribution in [3.8, 4) is 16.9 Å². The van der Waals surface area contributed by atoms with Crippen LogP contribution in [0.1, 0.15) is 37.2 Å². The Kier molecular flexibility index (Phi) is 7.03. The van der Waals surface area contributed by atoms with Crippen LogP contribution < -0.4 is 5.73 Å². The standard InChI is InChI=1S/C22H26N2O2.CH4S/c23-16-6-4-11-24(12-10-16)22(26)21-14-20(21)19-9-2-1-8-18(19)15-5-3-7-17(25)13-15;1-2/h1-3,5,7-9,13,16,20-21,25H,4,6,10-12,14,23H2;2H,1H3. The molecule has 1 saturated carbocycles. The van der Waals surface area contributed by atoms with Gasteiger partial charge in [-0.2, -0.15) is 12.6 Å². The molecule has 1 aliphatic carbocycles. The summed E-state index contributed by atoms with van der Waals surface area (Å²) < 4.78 is 0. The smallest absolute Gasteiger partial charge is 0.226 e. The molecule has 0 radical (unpaired) electrons. The van der Waals surface area contributed by atoms with Gasteiger partial charge in [0.05, 0.1) is 0 Å². The summed E-state index contributed by atoms with van der Waals surface area (Å²) in [4.78, 5) is 15.0. The lowest BCUT2D eigenvalue weighted by Gasteiger charge is -2.21. The molecule has 3 unspecified atom stereocenters. The lowest BCUT2D eigenvalue weighted by atomic mass is 9.95. The van der Waals surface area contributed by atoms with Crippen molar-refractivity contribution in [1.29, 1.82) is 0 Å². The van der Waals surface area contributed by atoms with Crippen LogP contribution in [0.4, 0.5) is 0 Å². The minimum atomic E-state index is 0.0859. The molecule has 2 fully saturated rings. The fourth-order valence-corrected chi connectivity index (χ4v) is 4.15. The summed E-state index contributed by atoms with van der Waals surface area (Å²) in [6.45, 7) is 1.63. The third kappa shape index (κ3) is 4.70. The van der Waals surface area contributed by atoms with E-state index in [0.717, 1.165) is 49.9 Å². The Morgan fingerprint density at radius 3 is 2.68 bits per heavy atom. The van der Waals surface area contributed by atoms with Crippen molar-refractivity contribution >= 4 is 18.5 Å². The number of hydrogen-bond acceptors (Lipinski definition) is 4. The van der Waals surface area contributed by atoms with Crippen LogP contribution in [0, 0.1) is 5.92 Å². The van der Waals surface area contributed by atoms with Crippen LogP contribution in [-0.4, -0.2) is 41.3 Å². The van der Waals surface area contributed by atoms with Gasteiger partial charge >= 0.3 is 0 Å². The maximum absolute atomic E-state index is 13.0. The van der Waals surface area contributed by atoms with Crippen molar-refractivity contribution in [3.05, 3.63) is 54.1 Å². The second-order valence-corrected chi connectivity index (χ2v) is 7.60. The molecular weight excluding hydrogens is 368 g/mol. The summed E-state index contributed by atoms with van der Waals surface area (Å²) in [6, 6.07) is 15.8. The Balaban J connectivity index is 0.00000109. The predicted molar refractivity (Wildman–Crippen MR) is 118 cm³/mol. The number of nitrogens with zero attached hydrogens (tertiary/aromatic N) is 1. The number of rotatable bonds is 3. The van der Waals surface area contributed by atoms with Crippen molar-refractivity contribution < 1.29 is 9.90 Å². The largest absolute Gasteiger partial charge is 0.508 e. The number of phenols is 1. The number of benzene rings is 2. The number of amides is 1. The van der Waals surface area contributed by atoms with E-state index in [9.17, 15) is 9.90 Å². The van der Waals surface area contributed by atoms with Crippen LogP contribution in [-0.2, 0) is 4.79 Å². The van der Waals surface area contributed by atoms with Crippen molar-refractivity contribution in [1.82, 2.24) is 4.90 Å². The maximum atomic E-state index is 13.0. The third-order valence-corrected chi connectivity index (χ3v) is 5.71. The molecule has 0 bridgehead atoms. The Hall–Kier alpha value is -1.98. The molecule has 4 nitrogen and oxygen atoms in total. The molecule has 1 saturated heterocycles. The Labute approximate surface area is 173 Å². The van der Waals surface area contributed by atoms with Crippen molar-refractivity contribution in [2.45, 2.75) is 37.6 Å². The molecule has 1 heterocycles. The highest BCUT2D eigenvalue weighted by atomic mass is 32.1. The first kappa shape index (κ1) is 20.7. The van der Waals surface area contributed by atoms with Crippen LogP contribution >= 0.6 is 12.6 Å². The topological polar surface area (TPSA) is 66.6 Å². The second-order valence-electron chi connectivity index (χ2n) is 7.60. The van der Waals surface area contributed by atoms with E-state index in [4.69, 9.17) is 5.73 Å². The van der Waals surface area contributed by atoms with Gasteiger partial charge in [0, 0.05) is 25.0 Å². The molecule has 150 valence electrons. The minimum Gasteiger partial charge on any atom is -0.508 e. The van der Waals surface area contributed by atoms with Crippen LogP contribution in [0.2, 0.25) is 0 Å². The number of carbonyl (C=O) groups excluding carboxylic acids is 1. The van der Waals surface area contributed by atoms with E-state index < -0.39 is 0 Å². The first-order valence-corrected chi connectivity index (χ1v) is 10.9. The van der Waals surface area contributed by atoms with E-state index in [1.165, 1.54) is 5.56 Å². The zero-order valence-corrected chi connectivity index (χ0v) is 17.3. The fraction of sp³-hybridized carbons (Fsp3) is 0.435.